The second-order valence-corrected chi connectivity index (χ2v) is 3.34. The van der Waals surface area contributed by atoms with Crippen LogP contribution in [0.15, 0.2) is 16.6 Å². The number of hydrogen-bond acceptors (Lipinski definition) is 4. The van der Waals surface area contributed by atoms with Gasteiger partial charge in [0.05, 0.1) is 13.7 Å². The molecular weight excluding hydrogens is 238 g/mol. The van der Waals surface area contributed by atoms with Crippen LogP contribution in [0.2, 0.25) is 0 Å². The standard InChI is InChI=1S/C8H10BrNO3/c1-12-7-3-6(9)2-5(4-13-10)8(7)11/h2-3,11H,4,10H2,1H3. The lowest BCUT2D eigenvalue weighted by molar-refractivity contribution is 0.122. The fourth-order valence-corrected chi connectivity index (χ4v) is 1.47. The zero-order valence-corrected chi connectivity index (χ0v) is 8.67. The molecule has 1 rings (SSSR count). The number of methoxy groups -OCH3 is 1. The van der Waals surface area contributed by atoms with Gasteiger partial charge in [-0.2, -0.15) is 0 Å². The van der Waals surface area contributed by atoms with Gasteiger partial charge < -0.3 is 9.84 Å². The topological polar surface area (TPSA) is 64.7 Å². The van der Waals surface area contributed by atoms with E-state index in [1.165, 1.54) is 7.11 Å². The lowest BCUT2D eigenvalue weighted by atomic mass is 10.2. The van der Waals surface area contributed by atoms with Crippen LogP contribution >= 0.6 is 15.9 Å². The Hall–Kier alpha value is -0.780. The first-order valence-corrected chi connectivity index (χ1v) is 4.35. The van der Waals surface area contributed by atoms with Crippen molar-refractivity contribution in [1.29, 1.82) is 0 Å². The van der Waals surface area contributed by atoms with E-state index in [1.807, 2.05) is 0 Å². The van der Waals surface area contributed by atoms with Gasteiger partial charge in [0, 0.05) is 10.0 Å². The molecule has 0 heterocycles. The van der Waals surface area contributed by atoms with Crippen molar-refractivity contribution >= 4 is 15.9 Å². The number of phenolic OH excluding ortho intramolecular Hbond substituents is 1. The van der Waals surface area contributed by atoms with Gasteiger partial charge in [-0.05, 0) is 12.1 Å². The van der Waals surface area contributed by atoms with Gasteiger partial charge in [0.1, 0.15) is 0 Å². The molecule has 0 aliphatic rings. The van der Waals surface area contributed by atoms with Crippen molar-refractivity contribution in [3.8, 4) is 11.5 Å². The third-order valence-electron chi connectivity index (χ3n) is 1.58. The van der Waals surface area contributed by atoms with Crippen molar-refractivity contribution < 1.29 is 14.7 Å². The number of phenols is 1. The van der Waals surface area contributed by atoms with Gasteiger partial charge in [0.2, 0.25) is 0 Å². The van der Waals surface area contributed by atoms with E-state index in [2.05, 4.69) is 20.8 Å². The monoisotopic (exact) mass is 247 g/mol. The number of nitrogens with two attached hydrogens (primary N) is 1. The summed E-state index contributed by atoms with van der Waals surface area (Å²) in [5.74, 6) is 5.35. The van der Waals surface area contributed by atoms with Crippen molar-refractivity contribution in [2.45, 2.75) is 6.61 Å². The first kappa shape index (κ1) is 10.3. The second kappa shape index (κ2) is 4.45. The minimum atomic E-state index is 0.0520. The van der Waals surface area contributed by atoms with Crippen LogP contribution in [-0.4, -0.2) is 12.2 Å². The predicted octanol–water partition coefficient (Wildman–Crippen LogP) is 1.55. The zero-order valence-electron chi connectivity index (χ0n) is 7.08. The molecular formula is C8H10BrNO3. The van der Waals surface area contributed by atoms with Gasteiger partial charge in [-0.25, -0.2) is 5.90 Å². The Bertz CT molecular complexity index is 304. The molecule has 3 N–H and O–H groups in total. The van der Waals surface area contributed by atoms with E-state index in [0.717, 1.165) is 4.47 Å². The Balaban J connectivity index is 3.11. The lowest BCUT2D eigenvalue weighted by Crippen LogP contribution is -2.00. The maximum absolute atomic E-state index is 9.56. The minimum absolute atomic E-state index is 0.0520. The fraction of sp³-hybridized carbons (Fsp3) is 0.250. The van der Waals surface area contributed by atoms with E-state index in [0.29, 0.717) is 11.3 Å². The molecule has 13 heavy (non-hydrogen) atoms. The molecule has 0 saturated heterocycles. The van der Waals surface area contributed by atoms with Crippen molar-refractivity contribution in [3.63, 3.8) is 0 Å². The molecule has 0 amide bonds. The summed E-state index contributed by atoms with van der Waals surface area (Å²) in [4.78, 5) is 4.43. The molecule has 4 nitrogen and oxygen atoms in total. The molecule has 0 aromatic heterocycles. The van der Waals surface area contributed by atoms with E-state index in [4.69, 9.17) is 10.6 Å². The van der Waals surface area contributed by atoms with Crippen LogP contribution in [-0.2, 0) is 11.4 Å². The van der Waals surface area contributed by atoms with Crippen LogP contribution in [0.3, 0.4) is 0 Å². The fourth-order valence-electron chi connectivity index (χ4n) is 0.984. The van der Waals surface area contributed by atoms with Gasteiger partial charge in [-0.15, -0.1) is 0 Å². The van der Waals surface area contributed by atoms with E-state index < -0.39 is 0 Å². The highest BCUT2D eigenvalue weighted by Crippen LogP contribution is 2.33. The van der Waals surface area contributed by atoms with E-state index >= 15 is 0 Å². The van der Waals surface area contributed by atoms with Gasteiger partial charge in [0.25, 0.3) is 0 Å². The van der Waals surface area contributed by atoms with E-state index in [9.17, 15) is 5.11 Å². The molecule has 0 unspecified atom stereocenters. The normalized spacial score (nSPS) is 10.1. The smallest absolute Gasteiger partial charge is 0.163 e. The van der Waals surface area contributed by atoms with Gasteiger partial charge in [-0.3, -0.25) is 4.84 Å². The van der Waals surface area contributed by atoms with Gasteiger partial charge >= 0.3 is 0 Å². The Labute approximate surface area is 84.3 Å². The highest BCUT2D eigenvalue weighted by molar-refractivity contribution is 9.10. The van der Waals surface area contributed by atoms with E-state index in [-0.39, 0.29) is 12.4 Å². The molecule has 0 atom stereocenters. The summed E-state index contributed by atoms with van der Waals surface area (Å²) in [7, 11) is 1.48. The average Bonchev–Trinajstić information content (AvgIpc) is 2.11. The summed E-state index contributed by atoms with van der Waals surface area (Å²) >= 11 is 3.27. The molecule has 0 aliphatic heterocycles. The highest BCUT2D eigenvalue weighted by Gasteiger charge is 2.09. The van der Waals surface area contributed by atoms with Crippen LogP contribution in [0.1, 0.15) is 5.56 Å². The van der Waals surface area contributed by atoms with Crippen LogP contribution in [0.4, 0.5) is 0 Å². The first-order valence-electron chi connectivity index (χ1n) is 3.56. The van der Waals surface area contributed by atoms with Crippen LogP contribution in [0, 0.1) is 0 Å². The van der Waals surface area contributed by atoms with Crippen molar-refractivity contribution in [3.05, 3.63) is 22.2 Å². The number of hydrogen-bond donors (Lipinski definition) is 2. The molecule has 1 aromatic carbocycles. The Morgan fingerprint density at radius 2 is 2.23 bits per heavy atom. The third kappa shape index (κ3) is 2.33. The van der Waals surface area contributed by atoms with Crippen LogP contribution in [0.25, 0.3) is 0 Å². The minimum Gasteiger partial charge on any atom is -0.504 e. The first-order chi connectivity index (χ1) is 6.19. The summed E-state index contributed by atoms with van der Waals surface area (Å²) in [6, 6.07) is 3.38. The van der Waals surface area contributed by atoms with E-state index in [1.54, 1.807) is 12.1 Å². The summed E-state index contributed by atoms with van der Waals surface area (Å²) in [5, 5.41) is 9.56. The maximum Gasteiger partial charge on any atom is 0.163 e. The maximum atomic E-state index is 9.56. The number of rotatable bonds is 3. The number of aromatic hydroxyl groups is 1. The SMILES string of the molecule is COc1cc(Br)cc(CON)c1O. The molecule has 0 fully saturated rings. The van der Waals surface area contributed by atoms with Crippen LogP contribution in [0.5, 0.6) is 11.5 Å². The number of halogens is 1. The quantitative estimate of drug-likeness (QED) is 0.796. The van der Waals surface area contributed by atoms with Crippen molar-refractivity contribution in [2.24, 2.45) is 5.90 Å². The average molecular weight is 248 g/mol. The molecule has 0 aliphatic carbocycles. The molecule has 72 valence electrons. The summed E-state index contributed by atoms with van der Waals surface area (Å²) in [6.07, 6.45) is 0. The van der Waals surface area contributed by atoms with Crippen molar-refractivity contribution in [1.82, 2.24) is 0 Å². The second-order valence-electron chi connectivity index (χ2n) is 2.43. The van der Waals surface area contributed by atoms with Gasteiger partial charge in [0.15, 0.2) is 11.5 Å². The highest BCUT2D eigenvalue weighted by atomic mass is 79.9. The molecule has 0 radical (unpaired) electrons. The Morgan fingerprint density at radius 3 is 2.77 bits per heavy atom. The molecule has 5 heteroatoms. The number of benzene rings is 1. The number of ether oxygens (including phenoxy) is 1. The molecule has 1 aromatic rings. The predicted molar refractivity (Wildman–Crippen MR) is 51.3 cm³/mol. The summed E-state index contributed by atoms with van der Waals surface area (Å²) < 4.78 is 5.74. The molecule has 0 bridgehead atoms. The third-order valence-corrected chi connectivity index (χ3v) is 2.04. The largest absolute Gasteiger partial charge is 0.504 e. The Kier molecular flexibility index (Phi) is 3.53. The molecule has 0 spiro atoms. The Morgan fingerprint density at radius 1 is 1.54 bits per heavy atom. The lowest BCUT2D eigenvalue weighted by Gasteiger charge is -2.08. The summed E-state index contributed by atoms with van der Waals surface area (Å²) in [6.45, 7) is 0.141. The zero-order chi connectivity index (χ0) is 9.84. The summed E-state index contributed by atoms with van der Waals surface area (Å²) in [5.41, 5.74) is 0.578. The van der Waals surface area contributed by atoms with Gasteiger partial charge in [-0.1, -0.05) is 15.9 Å². The molecule has 0 saturated carbocycles. The van der Waals surface area contributed by atoms with Crippen LogP contribution < -0.4 is 10.6 Å². The van der Waals surface area contributed by atoms with Crippen molar-refractivity contribution in [2.75, 3.05) is 7.11 Å².